The van der Waals surface area contributed by atoms with Gasteiger partial charge in [0.25, 0.3) is 5.91 Å². The molecule has 0 spiro atoms. The third-order valence-electron chi connectivity index (χ3n) is 3.62. The number of amides is 2. The SMILES string of the molecule is O=CNC(C(=O)N1CCCC1)=C1CCCCC1. The minimum absolute atomic E-state index is 0.0199. The fourth-order valence-electron chi connectivity index (χ4n) is 2.68. The summed E-state index contributed by atoms with van der Waals surface area (Å²) in [6, 6.07) is 0. The molecule has 2 amide bonds. The van der Waals surface area contributed by atoms with Crippen LogP contribution in [-0.2, 0) is 9.59 Å². The number of rotatable bonds is 3. The molecule has 2 aliphatic rings. The Kier molecular flexibility index (Phi) is 4.18. The Hall–Kier alpha value is -1.32. The number of hydrogen-bond acceptors (Lipinski definition) is 2. The molecule has 1 N–H and O–H groups in total. The van der Waals surface area contributed by atoms with Crippen molar-refractivity contribution < 1.29 is 9.59 Å². The molecule has 94 valence electrons. The van der Waals surface area contributed by atoms with E-state index in [1.807, 2.05) is 4.90 Å². The van der Waals surface area contributed by atoms with Crippen molar-refractivity contribution in [1.82, 2.24) is 10.2 Å². The summed E-state index contributed by atoms with van der Waals surface area (Å²) >= 11 is 0. The number of likely N-dealkylation sites (tertiary alicyclic amines) is 1. The fraction of sp³-hybridized carbons (Fsp3) is 0.692. The highest BCUT2D eigenvalue weighted by Gasteiger charge is 2.24. The molecule has 17 heavy (non-hydrogen) atoms. The molecule has 2 rings (SSSR count). The van der Waals surface area contributed by atoms with E-state index in [-0.39, 0.29) is 5.91 Å². The Morgan fingerprint density at radius 1 is 1.06 bits per heavy atom. The maximum absolute atomic E-state index is 12.3. The molecule has 1 heterocycles. The van der Waals surface area contributed by atoms with Crippen molar-refractivity contribution in [2.75, 3.05) is 13.1 Å². The van der Waals surface area contributed by atoms with Gasteiger partial charge in [0.2, 0.25) is 6.41 Å². The van der Waals surface area contributed by atoms with Crippen molar-refractivity contribution in [3.05, 3.63) is 11.3 Å². The van der Waals surface area contributed by atoms with E-state index in [9.17, 15) is 9.59 Å². The molecule has 1 aliphatic heterocycles. The molecule has 2 fully saturated rings. The lowest BCUT2D eigenvalue weighted by Crippen LogP contribution is -2.35. The van der Waals surface area contributed by atoms with Crippen LogP contribution in [0.2, 0.25) is 0 Å². The van der Waals surface area contributed by atoms with Crippen LogP contribution in [0.4, 0.5) is 0 Å². The molecule has 0 aromatic rings. The highest BCUT2D eigenvalue weighted by atomic mass is 16.2. The van der Waals surface area contributed by atoms with Gasteiger partial charge in [-0.2, -0.15) is 0 Å². The first-order chi connectivity index (χ1) is 8.33. The summed E-state index contributed by atoms with van der Waals surface area (Å²) in [6.07, 6.45) is 8.19. The Bertz CT molecular complexity index is 322. The van der Waals surface area contributed by atoms with E-state index in [0.717, 1.165) is 57.2 Å². The average Bonchev–Trinajstić information content (AvgIpc) is 2.90. The van der Waals surface area contributed by atoms with Crippen LogP contribution in [0.3, 0.4) is 0 Å². The quantitative estimate of drug-likeness (QED) is 0.597. The number of carbonyl (C=O) groups excluding carboxylic acids is 2. The smallest absolute Gasteiger partial charge is 0.270 e. The van der Waals surface area contributed by atoms with Gasteiger partial charge in [-0.15, -0.1) is 0 Å². The summed E-state index contributed by atoms with van der Waals surface area (Å²) in [5, 5.41) is 2.64. The molecular weight excluding hydrogens is 216 g/mol. The second kappa shape index (κ2) is 5.84. The number of nitrogens with zero attached hydrogens (tertiary/aromatic N) is 1. The van der Waals surface area contributed by atoms with E-state index in [1.54, 1.807) is 0 Å². The fourth-order valence-corrected chi connectivity index (χ4v) is 2.68. The second-order valence-corrected chi connectivity index (χ2v) is 4.80. The molecule has 0 aromatic carbocycles. The molecule has 1 saturated carbocycles. The van der Waals surface area contributed by atoms with E-state index in [2.05, 4.69) is 5.32 Å². The third kappa shape index (κ3) is 2.87. The highest BCUT2D eigenvalue weighted by Crippen LogP contribution is 2.26. The summed E-state index contributed by atoms with van der Waals surface area (Å²) in [6.45, 7) is 1.66. The molecule has 0 bridgehead atoms. The van der Waals surface area contributed by atoms with E-state index >= 15 is 0 Å². The zero-order chi connectivity index (χ0) is 12.1. The van der Waals surface area contributed by atoms with E-state index in [1.165, 1.54) is 6.42 Å². The van der Waals surface area contributed by atoms with E-state index in [4.69, 9.17) is 0 Å². The standard InChI is InChI=1S/C13H20N2O2/c16-10-14-12(11-6-2-1-3-7-11)13(17)15-8-4-5-9-15/h10H,1-9H2,(H,14,16). The van der Waals surface area contributed by atoms with Gasteiger partial charge in [-0.1, -0.05) is 6.42 Å². The van der Waals surface area contributed by atoms with Crippen LogP contribution >= 0.6 is 0 Å². The summed E-state index contributed by atoms with van der Waals surface area (Å²) in [7, 11) is 0. The molecule has 0 radical (unpaired) electrons. The Morgan fingerprint density at radius 3 is 2.29 bits per heavy atom. The largest absolute Gasteiger partial charge is 0.337 e. The monoisotopic (exact) mass is 236 g/mol. The molecule has 4 nitrogen and oxygen atoms in total. The third-order valence-corrected chi connectivity index (χ3v) is 3.62. The molecule has 0 unspecified atom stereocenters. The zero-order valence-corrected chi connectivity index (χ0v) is 10.2. The Balaban J connectivity index is 2.14. The molecule has 1 aliphatic carbocycles. The first kappa shape index (κ1) is 12.1. The zero-order valence-electron chi connectivity index (χ0n) is 10.2. The summed E-state index contributed by atoms with van der Waals surface area (Å²) in [5.74, 6) is 0.0199. The van der Waals surface area contributed by atoms with Gasteiger partial charge in [-0.05, 0) is 44.1 Å². The number of hydrogen-bond donors (Lipinski definition) is 1. The first-order valence-corrected chi connectivity index (χ1v) is 6.54. The first-order valence-electron chi connectivity index (χ1n) is 6.54. The number of nitrogens with one attached hydrogen (secondary N) is 1. The average molecular weight is 236 g/mol. The van der Waals surface area contributed by atoms with Crippen LogP contribution < -0.4 is 5.32 Å². The topological polar surface area (TPSA) is 49.4 Å². The van der Waals surface area contributed by atoms with Gasteiger partial charge in [0, 0.05) is 13.1 Å². The lowest BCUT2D eigenvalue weighted by Gasteiger charge is -2.22. The molecule has 0 atom stereocenters. The summed E-state index contributed by atoms with van der Waals surface area (Å²) in [5.41, 5.74) is 1.70. The van der Waals surface area contributed by atoms with E-state index in [0.29, 0.717) is 12.1 Å². The van der Waals surface area contributed by atoms with Crippen molar-refractivity contribution in [2.45, 2.75) is 44.9 Å². The number of carbonyl (C=O) groups is 2. The minimum Gasteiger partial charge on any atom is -0.337 e. The van der Waals surface area contributed by atoms with Gasteiger partial charge < -0.3 is 10.2 Å². The van der Waals surface area contributed by atoms with Crippen molar-refractivity contribution in [3.8, 4) is 0 Å². The van der Waals surface area contributed by atoms with E-state index < -0.39 is 0 Å². The van der Waals surface area contributed by atoms with Crippen LogP contribution in [0, 0.1) is 0 Å². The second-order valence-electron chi connectivity index (χ2n) is 4.80. The molecule has 1 saturated heterocycles. The Labute approximate surface area is 102 Å². The van der Waals surface area contributed by atoms with Crippen LogP contribution in [0.1, 0.15) is 44.9 Å². The van der Waals surface area contributed by atoms with Crippen molar-refractivity contribution >= 4 is 12.3 Å². The maximum Gasteiger partial charge on any atom is 0.270 e. The molecule has 0 aromatic heterocycles. The van der Waals surface area contributed by atoms with Gasteiger partial charge >= 0.3 is 0 Å². The number of allylic oxidation sites excluding steroid dienone is 1. The lowest BCUT2D eigenvalue weighted by molar-refractivity contribution is -0.127. The predicted molar refractivity (Wildman–Crippen MR) is 65.1 cm³/mol. The maximum atomic E-state index is 12.3. The minimum atomic E-state index is 0.0199. The van der Waals surface area contributed by atoms with Crippen LogP contribution in [-0.4, -0.2) is 30.3 Å². The molecule has 4 heteroatoms. The van der Waals surface area contributed by atoms with Crippen molar-refractivity contribution in [2.24, 2.45) is 0 Å². The van der Waals surface area contributed by atoms with Gasteiger partial charge in [-0.25, -0.2) is 0 Å². The van der Waals surface area contributed by atoms with Gasteiger partial charge in [0.1, 0.15) is 5.70 Å². The Morgan fingerprint density at radius 2 is 1.71 bits per heavy atom. The lowest BCUT2D eigenvalue weighted by atomic mass is 9.93. The molecular formula is C13H20N2O2. The van der Waals surface area contributed by atoms with Gasteiger partial charge in [-0.3, -0.25) is 9.59 Å². The van der Waals surface area contributed by atoms with Gasteiger partial charge in [0.05, 0.1) is 0 Å². The normalized spacial score (nSPS) is 20.2. The van der Waals surface area contributed by atoms with Crippen molar-refractivity contribution in [1.29, 1.82) is 0 Å². The van der Waals surface area contributed by atoms with Crippen LogP contribution in [0.25, 0.3) is 0 Å². The van der Waals surface area contributed by atoms with Gasteiger partial charge in [0.15, 0.2) is 0 Å². The summed E-state index contributed by atoms with van der Waals surface area (Å²) < 4.78 is 0. The predicted octanol–water partition coefficient (Wildman–Crippen LogP) is 1.57. The van der Waals surface area contributed by atoms with Crippen LogP contribution in [0.15, 0.2) is 11.3 Å². The van der Waals surface area contributed by atoms with Crippen LogP contribution in [0.5, 0.6) is 0 Å². The summed E-state index contributed by atoms with van der Waals surface area (Å²) in [4.78, 5) is 24.8. The highest BCUT2D eigenvalue weighted by molar-refractivity contribution is 5.95. The van der Waals surface area contributed by atoms with Crippen molar-refractivity contribution in [3.63, 3.8) is 0 Å².